The van der Waals surface area contributed by atoms with Crippen molar-refractivity contribution in [3.05, 3.63) is 70.3 Å². The van der Waals surface area contributed by atoms with Crippen molar-refractivity contribution in [2.75, 3.05) is 26.2 Å². The van der Waals surface area contributed by atoms with Crippen LogP contribution in [0.1, 0.15) is 91.1 Å². The first-order chi connectivity index (χ1) is 20.1. The molecule has 0 bridgehead atoms. The van der Waals surface area contributed by atoms with Crippen LogP contribution in [0.3, 0.4) is 0 Å². The highest BCUT2D eigenvalue weighted by molar-refractivity contribution is 6.00. The summed E-state index contributed by atoms with van der Waals surface area (Å²) < 4.78 is 28.0. The smallest absolute Gasteiger partial charge is 0.253 e. The number of aliphatic hydroxyl groups is 2. The summed E-state index contributed by atoms with van der Waals surface area (Å²) in [5.41, 5.74) is 1.58. The topological polar surface area (TPSA) is 93.1 Å². The lowest BCUT2D eigenvalue weighted by Crippen LogP contribution is -2.54. The molecule has 4 atom stereocenters. The number of hydrogen-bond acceptors (Lipinski definition) is 5. The van der Waals surface area contributed by atoms with Gasteiger partial charge in [0, 0.05) is 42.9 Å². The molecule has 232 valence electrons. The average molecular weight is 588 g/mol. The van der Waals surface area contributed by atoms with E-state index < -0.39 is 35.8 Å². The number of aliphatic hydroxyl groups excluding tert-OH is 2. The molecule has 42 heavy (non-hydrogen) atoms. The summed E-state index contributed by atoms with van der Waals surface area (Å²) in [4.78, 5) is 30.7. The predicted molar refractivity (Wildman–Crippen MR) is 160 cm³/mol. The molecule has 3 rings (SSSR count). The molecule has 1 unspecified atom stereocenters. The van der Waals surface area contributed by atoms with E-state index in [-0.39, 0.29) is 30.0 Å². The number of halogens is 2. The highest BCUT2D eigenvalue weighted by atomic mass is 19.1. The van der Waals surface area contributed by atoms with Crippen molar-refractivity contribution >= 4 is 11.8 Å². The minimum Gasteiger partial charge on any atom is -0.389 e. The van der Waals surface area contributed by atoms with Crippen LogP contribution in [-0.2, 0) is 6.42 Å². The maximum atomic E-state index is 14.0. The summed E-state index contributed by atoms with van der Waals surface area (Å²) in [6.45, 7) is 10.1. The van der Waals surface area contributed by atoms with Gasteiger partial charge in [0.25, 0.3) is 11.8 Å². The summed E-state index contributed by atoms with van der Waals surface area (Å²) in [5.74, 6) is -2.25. The van der Waals surface area contributed by atoms with Gasteiger partial charge < -0.3 is 20.4 Å². The molecule has 0 saturated carbocycles. The van der Waals surface area contributed by atoms with Gasteiger partial charge >= 0.3 is 0 Å². The molecule has 9 heteroatoms. The predicted octanol–water partition coefficient (Wildman–Crippen LogP) is 4.86. The highest BCUT2D eigenvalue weighted by Crippen LogP contribution is 2.22. The zero-order valence-corrected chi connectivity index (χ0v) is 25.4. The molecule has 1 saturated heterocycles. The molecule has 0 aliphatic carbocycles. The van der Waals surface area contributed by atoms with E-state index in [4.69, 9.17) is 0 Å². The first-order valence-corrected chi connectivity index (χ1v) is 15.3. The number of benzene rings is 2. The minimum atomic E-state index is -1.41. The van der Waals surface area contributed by atoms with E-state index in [9.17, 15) is 28.6 Å². The van der Waals surface area contributed by atoms with E-state index in [1.54, 1.807) is 24.0 Å². The number of β-amino-alcohol motifs (C(OH)–C–C–N with tert-alkyl or cyclic N) is 1. The van der Waals surface area contributed by atoms with E-state index in [1.807, 2.05) is 13.8 Å². The summed E-state index contributed by atoms with van der Waals surface area (Å²) >= 11 is 0. The molecule has 1 fully saturated rings. The third kappa shape index (κ3) is 9.31. The molecule has 7 nitrogen and oxygen atoms in total. The molecule has 1 aliphatic heterocycles. The normalized spacial score (nSPS) is 17.9. The van der Waals surface area contributed by atoms with Gasteiger partial charge in [-0.1, -0.05) is 27.2 Å². The fourth-order valence-corrected chi connectivity index (χ4v) is 5.95. The molecule has 0 aromatic heterocycles. The van der Waals surface area contributed by atoms with Gasteiger partial charge in [-0.3, -0.25) is 14.5 Å². The summed E-state index contributed by atoms with van der Waals surface area (Å²) in [6.07, 6.45) is 2.97. The van der Waals surface area contributed by atoms with Crippen LogP contribution in [0.15, 0.2) is 36.4 Å². The third-order valence-electron chi connectivity index (χ3n) is 8.00. The van der Waals surface area contributed by atoms with Crippen molar-refractivity contribution < 1.29 is 28.6 Å². The van der Waals surface area contributed by atoms with Gasteiger partial charge in [-0.05, 0) is 93.5 Å². The maximum absolute atomic E-state index is 14.0. The van der Waals surface area contributed by atoms with Crippen molar-refractivity contribution in [1.82, 2.24) is 15.1 Å². The maximum Gasteiger partial charge on any atom is 0.253 e. The number of carbonyl (C=O) groups excluding carboxylic acids is 2. The van der Waals surface area contributed by atoms with Crippen molar-refractivity contribution in [3.8, 4) is 0 Å². The lowest BCUT2D eigenvalue weighted by Gasteiger charge is -2.38. The Bertz CT molecular complexity index is 1170. The first kappa shape index (κ1) is 33.6. The third-order valence-corrected chi connectivity index (χ3v) is 8.00. The first-order valence-electron chi connectivity index (χ1n) is 15.3. The van der Waals surface area contributed by atoms with Gasteiger partial charge in [0.2, 0.25) is 0 Å². The zero-order valence-electron chi connectivity index (χ0n) is 25.4. The van der Waals surface area contributed by atoms with Gasteiger partial charge in [-0.2, -0.15) is 0 Å². The molecule has 0 radical (unpaired) electrons. The number of nitrogens with one attached hydrogen (secondary N) is 1. The Hall–Kier alpha value is -2.88. The minimum absolute atomic E-state index is 0.103. The van der Waals surface area contributed by atoms with Crippen LogP contribution in [0.5, 0.6) is 0 Å². The van der Waals surface area contributed by atoms with Crippen molar-refractivity contribution in [1.29, 1.82) is 0 Å². The number of likely N-dealkylation sites (tertiary alicyclic amines) is 1. The molecule has 0 spiro atoms. The Labute approximate surface area is 248 Å². The molecule has 3 N–H and O–H groups in total. The van der Waals surface area contributed by atoms with Crippen LogP contribution in [-0.4, -0.2) is 82.3 Å². The molecule has 2 aromatic rings. The van der Waals surface area contributed by atoms with E-state index in [1.165, 1.54) is 6.07 Å². The number of aryl methyl sites for hydroxylation is 1. The Morgan fingerprint density at radius 3 is 2.24 bits per heavy atom. The van der Waals surface area contributed by atoms with Crippen LogP contribution < -0.4 is 5.32 Å². The molecule has 2 aromatic carbocycles. The largest absolute Gasteiger partial charge is 0.389 e. The van der Waals surface area contributed by atoms with E-state index in [2.05, 4.69) is 17.1 Å². The molecular formula is C33H47F2N3O4. The monoisotopic (exact) mass is 587 g/mol. The molecule has 1 heterocycles. The fraction of sp³-hybridized carbons (Fsp3) is 0.576. The zero-order chi connectivity index (χ0) is 30.8. The quantitative estimate of drug-likeness (QED) is 0.294. The molecule has 2 amide bonds. The Balaban J connectivity index is 1.86. The van der Waals surface area contributed by atoms with Gasteiger partial charge in [0.15, 0.2) is 0 Å². The highest BCUT2D eigenvalue weighted by Gasteiger charge is 2.32. The standard InChI is InChI=1S/C33H47F2N3O4/c1-5-11-37(12-6-2)33(42)25-15-22(4)14-24(19-25)32(41)36-29(18-23-16-26(34)20-27(35)17-23)31(40)30(39)21-38-13-9-8-10-28(38)7-3/h14-17,19-20,28-31,39-40H,5-13,18,21H2,1-4H3,(H,36,41)/t28?,29-,30-,31-/m0/s1. The van der Waals surface area contributed by atoms with Gasteiger partial charge in [-0.15, -0.1) is 0 Å². The summed E-state index contributed by atoms with van der Waals surface area (Å²) in [5, 5.41) is 25.2. The van der Waals surface area contributed by atoms with Gasteiger partial charge in [0.05, 0.1) is 12.1 Å². The Morgan fingerprint density at radius 1 is 0.976 bits per heavy atom. The number of carbonyl (C=O) groups is 2. The number of piperidine rings is 1. The fourth-order valence-electron chi connectivity index (χ4n) is 5.95. The van der Waals surface area contributed by atoms with Crippen LogP contribution >= 0.6 is 0 Å². The van der Waals surface area contributed by atoms with Crippen molar-refractivity contribution in [3.63, 3.8) is 0 Å². The van der Waals surface area contributed by atoms with E-state index in [0.29, 0.717) is 24.7 Å². The van der Waals surface area contributed by atoms with Crippen LogP contribution in [0.2, 0.25) is 0 Å². The second-order valence-corrected chi connectivity index (χ2v) is 11.6. The van der Waals surface area contributed by atoms with E-state index in [0.717, 1.165) is 68.8 Å². The average Bonchev–Trinajstić information content (AvgIpc) is 2.95. The van der Waals surface area contributed by atoms with Gasteiger partial charge in [0.1, 0.15) is 17.7 Å². The summed E-state index contributed by atoms with van der Waals surface area (Å²) in [6, 6.07) is 7.24. The van der Waals surface area contributed by atoms with Gasteiger partial charge in [-0.25, -0.2) is 8.78 Å². The molecular weight excluding hydrogens is 540 g/mol. The number of nitrogens with zero attached hydrogens (tertiary/aromatic N) is 2. The second kappa shape index (κ2) is 16.1. The van der Waals surface area contributed by atoms with Crippen LogP contribution in [0, 0.1) is 18.6 Å². The van der Waals surface area contributed by atoms with Crippen molar-refractivity contribution in [2.45, 2.75) is 96.9 Å². The Morgan fingerprint density at radius 2 is 1.62 bits per heavy atom. The van der Waals surface area contributed by atoms with Crippen LogP contribution in [0.4, 0.5) is 8.78 Å². The second-order valence-electron chi connectivity index (χ2n) is 11.6. The molecule has 1 aliphatic rings. The number of hydrogen-bond donors (Lipinski definition) is 3. The van der Waals surface area contributed by atoms with E-state index >= 15 is 0 Å². The summed E-state index contributed by atoms with van der Waals surface area (Å²) in [7, 11) is 0. The number of rotatable bonds is 14. The SMILES string of the molecule is CCCN(CCC)C(=O)c1cc(C)cc(C(=O)N[C@@H](Cc2cc(F)cc(F)c2)[C@H](O)[C@@H](O)CN2CCCCC2CC)c1. The van der Waals surface area contributed by atoms with Crippen molar-refractivity contribution in [2.24, 2.45) is 0 Å². The van der Waals surface area contributed by atoms with Crippen LogP contribution in [0.25, 0.3) is 0 Å². The lowest BCUT2D eigenvalue weighted by molar-refractivity contribution is -0.0319. The Kier molecular flexibility index (Phi) is 12.9. The lowest BCUT2D eigenvalue weighted by atomic mass is 9.94. The number of amides is 2.